The van der Waals surface area contributed by atoms with Crippen molar-refractivity contribution in [2.24, 2.45) is 0 Å². The van der Waals surface area contributed by atoms with Crippen molar-refractivity contribution >= 4 is 26.7 Å². The normalized spacial score (nSPS) is 19.8. The molecule has 1 fully saturated rings. The summed E-state index contributed by atoms with van der Waals surface area (Å²) in [7, 11) is -3.10. The van der Waals surface area contributed by atoms with E-state index < -0.39 is 15.4 Å². The quantitative estimate of drug-likeness (QED) is 0.552. The lowest BCUT2D eigenvalue weighted by Crippen LogP contribution is -2.25. The average molecular weight is 430 g/mol. The van der Waals surface area contributed by atoms with Gasteiger partial charge in [-0.1, -0.05) is 0 Å². The lowest BCUT2D eigenvalue weighted by molar-refractivity contribution is 0.0969. The number of carbonyl (C=O) groups is 1. The van der Waals surface area contributed by atoms with E-state index in [4.69, 9.17) is 9.47 Å². The van der Waals surface area contributed by atoms with Gasteiger partial charge in [0.25, 0.3) is 5.56 Å². The third kappa shape index (κ3) is 3.24. The van der Waals surface area contributed by atoms with Crippen LogP contribution < -0.4 is 15.0 Å². The Hall–Kier alpha value is -3.21. The van der Waals surface area contributed by atoms with Crippen molar-refractivity contribution in [1.82, 2.24) is 19.3 Å². The maximum absolute atomic E-state index is 12.8. The van der Waals surface area contributed by atoms with Gasteiger partial charge in [-0.25, -0.2) is 18.1 Å². The topological polar surface area (TPSA) is 122 Å². The molecule has 0 saturated carbocycles. The first-order valence-electron chi connectivity index (χ1n) is 9.47. The van der Waals surface area contributed by atoms with Gasteiger partial charge in [-0.3, -0.25) is 14.2 Å². The molecule has 156 valence electrons. The van der Waals surface area contributed by atoms with Crippen LogP contribution in [0.4, 0.5) is 0 Å². The first kappa shape index (κ1) is 18.8. The average Bonchev–Trinajstić information content (AvgIpc) is 3.32. The van der Waals surface area contributed by atoms with Gasteiger partial charge in [-0.2, -0.15) is 5.10 Å². The van der Waals surface area contributed by atoms with Crippen molar-refractivity contribution in [3.63, 3.8) is 0 Å². The van der Waals surface area contributed by atoms with E-state index in [-0.39, 0.29) is 35.3 Å². The number of hydrogen-bond donors (Lipinski definition) is 0. The number of rotatable bonds is 4. The lowest BCUT2D eigenvalue weighted by atomic mass is 10.1. The van der Waals surface area contributed by atoms with Crippen molar-refractivity contribution in [2.45, 2.75) is 19.0 Å². The summed E-state index contributed by atoms with van der Waals surface area (Å²) in [5.74, 6) is 0.891. The Morgan fingerprint density at radius 2 is 2.00 bits per heavy atom. The number of sulfone groups is 1. The minimum Gasteiger partial charge on any atom is -0.486 e. The van der Waals surface area contributed by atoms with Crippen LogP contribution in [-0.2, 0) is 16.4 Å². The Morgan fingerprint density at radius 3 is 2.77 bits per heavy atom. The van der Waals surface area contributed by atoms with Crippen LogP contribution in [0.15, 0.2) is 35.5 Å². The number of Topliss-reactive ketones (excluding diaryl/α,β-unsaturated/α-hetero) is 1. The summed E-state index contributed by atoms with van der Waals surface area (Å²) in [6.45, 7) is 0.684. The van der Waals surface area contributed by atoms with E-state index in [2.05, 4.69) is 10.1 Å². The summed E-state index contributed by atoms with van der Waals surface area (Å²) in [5.41, 5.74) is 0.321. The molecule has 10 nitrogen and oxygen atoms in total. The van der Waals surface area contributed by atoms with E-state index in [1.54, 1.807) is 18.2 Å². The van der Waals surface area contributed by atoms with E-state index in [0.29, 0.717) is 42.3 Å². The highest BCUT2D eigenvalue weighted by molar-refractivity contribution is 7.91. The van der Waals surface area contributed by atoms with Crippen LogP contribution in [-0.4, -0.2) is 58.3 Å². The Morgan fingerprint density at radius 1 is 1.20 bits per heavy atom. The van der Waals surface area contributed by atoms with Gasteiger partial charge in [-0.15, -0.1) is 0 Å². The zero-order valence-electron chi connectivity index (χ0n) is 15.9. The number of ketones is 1. The Balaban J connectivity index is 1.42. The largest absolute Gasteiger partial charge is 0.486 e. The van der Waals surface area contributed by atoms with Crippen LogP contribution in [0.1, 0.15) is 22.8 Å². The third-order valence-electron chi connectivity index (χ3n) is 5.31. The number of nitrogens with zero attached hydrogens (tertiary/aromatic N) is 4. The molecule has 0 amide bonds. The molecule has 0 unspecified atom stereocenters. The van der Waals surface area contributed by atoms with Gasteiger partial charge in [0.1, 0.15) is 24.9 Å². The summed E-state index contributed by atoms with van der Waals surface area (Å²) in [4.78, 5) is 29.8. The molecule has 1 saturated heterocycles. The molecule has 2 aliphatic rings. The van der Waals surface area contributed by atoms with Gasteiger partial charge in [0, 0.05) is 5.56 Å². The first-order chi connectivity index (χ1) is 14.4. The van der Waals surface area contributed by atoms with Crippen molar-refractivity contribution in [1.29, 1.82) is 0 Å². The van der Waals surface area contributed by atoms with E-state index in [1.165, 1.54) is 21.8 Å². The number of benzene rings is 1. The van der Waals surface area contributed by atoms with E-state index >= 15 is 0 Å². The Kier molecular flexibility index (Phi) is 4.35. The van der Waals surface area contributed by atoms with Crippen LogP contribution in [0.5, 0.6) is 11.5 Å². The minimum absolute atomic E-state index is 0.0167. The van der Waals surface area contributed by atoms with Crippen molar-refractivity contribution in [3.8, 4) is 11.5 Å². The zero-order chi connectivity index (χ0) is 20.9. The molecule has 1 atom stereocenters. The van der Waals surface area contributed by atoms with Crippen molar-refractivity contribution in [2.75, 3.05) is 24.7 Å². The number of ether oxygens (including phenoxy) is 2. The summed E-state index contributed by atoms with van der Waals surface area (Å²) >= 11 is 0. The molecule has 5 rings (SSSR count). The maximum atomic E-state index is 12.8. The minimum atomic E-state index is -3.10. The highest BCUT2D eigenvalue weighted by Gasteiger charge is 2.31. The van der Waals surface area contributed by atoms with Crippen molar-refractivity contribution in [3.05, 3.63) is 46.6 Å². The summed E-state index contributed by atoms with van der Waals surface area (Å²) < 4.78 is 37.2. The first-order valence-corrected chi connectivity index (χ1v) is 11.3. The fourth-order valence-electron chi connectivity index (χ4n) is 3.78. The SMILES string of the molecule is O=C(Cn1cnc2c(cnn2[C@@H]2CCS(=O)(=O)C2)c1=O)c1ccc2c(c1)OCCO2. The predicted molar refractivity (Wildman–Crippen MR) is 106 cm³/mol. The van der Waals surface area contributed by atoms with Crippen molar-refractivity contribution < 1.29 is 22.7 Å². The van der Waals surface area contributed by atoms with Gasteiger partial charge < -0.3 is 9.47 Å². The molecule has 0 spiro atoms. The predicted octanol–water partition coefficient (Wildman–Crippen LogP) is 0.607. The maximum Gasteiger partial charge on any atom is 0.264 e. The molecule has 0 aliphatic carbocycles. The monoisotopic (exact) mass is 430 g/mol. The molecular formula is C19H18N4O6S. The standard InChI is InChI=1S/C19H18N4O6S/c24-15(12-1-2-16-17(7-12)29-5-4-28-16)9-22-11-20-18-14(19(22)25)8-21-23(18)13-3-6-30(26,27)10-13/h1-2,7-8,11,13H,3-6,9-10H2/t13-/m1/s1. The Bertz CT molecular complexity index is 1330. The third-order valence-corrected chi connectivity index (χ3v) is 7.06. The Labute approximate surface area is 171 Å². The molecule has 30 heavy (non-hydrogen) atoms. The molecule has 4 heterocycles. The van der Waals surface area contributed by atoms with Crippen LogP contribution in [0, 0.1) is 0 Å². The molecule has 2 aromatic heterocycles. The van der Waals surface area contributed by atoms with Crippen LogP contribution in [0.2, 0.25) is 0 Å². The molecule has 2 aliphatic heterocycles. The fraction of sp³-hybridized carbons (Fsp3) is 0.368. The van der Waals surface area contributed by atoms with Crippen LogP contribution in [0.25, 0.3) is 11.0 Å². The zero-order valence-corrected chi connectivity index (χ0v) is 16.7. The van der Waals surface area contributed by atoms with Gasteiger partial charge in [0.15, 0.2) is 32.8 Å². The second-order valence-corrected chi connectivity index (χ2v) is 9.57. The number of fused-ring (bicyclic) bond motifs is 2. The van der Waals surface area contributed by atoms with E-state index in [9.17, 15) is 18.0 Å². The van der Waals surface area contributed by atoms with Gasteiger partial charge in [0.05, 0.1) is 30.3 Å². The number of hydrogen-bond acceptors (Lipinski definition) is 8. The summed E-state index contributed by atoms with van der Waals surface area (Å²) in [6.07, 6.45) is 3.11. The summed E-state index contributed by atoms with van der Waals surface area (Å²) in [6, 6.07) is 4.57. The highest BCUT2D eigenvalue weighted by Crippen LogP contribution is 2.31. The second kappa shape index (κ2) is 6.94. The molecular weight excluding hydrogens is 412 g/mol. The second-order valence-electron chi connectivity index (χ2n) is 7.34. The molecule has 0 N–H and O–H groups in total. The molecule has 11 heteroatoms. The number of carbonyl (C=O) groups excluding carboxylic acids is 1. The van der Waals surface area contributed by atoms with Crippen LogP contribution in [0.3, 0.4) is 0 Å². The smallest absolute Gasteiger partial charge is 0.264 e. The number of aromatic nitrogens is 4. The highest BCUT2D eigenvalue weighted by atomic mass is 32.2. The van der Waals surface area contributed by atoms with Gasteiger partial charge in [0.2, 0.25) is 0 Å². The molecule has 0 bridgehead atoms. The van der Waals surface area contributed by atoms with E-state index in [1.807, 2.05) is 0 Å². The molecule has 1 aromatic carbocycles. The van der Waals surface area contributed by atoms with Gasteiger partial charge in [-0.05, 0) is 24.6 Å². The summed E-state index contributed by atoms with van der Waals surface area (Å²) in [5, 5.41) is 4.44. The lowest BCUT2D eigenvalue weighted by Gasteiger charge is -2.18. The molecule has 3 aromatic rings. The van der Waals surface area contributed by atoms with Gasteiger partial charge >= 0.3 is 0 Å². The van der Waals surface area contributed by atoms with Crippen LogP contribution >= 0.6 is 0 Å². The fourth-order valence-corrected chi connectivity index (χ4v) is 5.47. The molecule has 0 radical (unpaired) electrons. The van der Waals surface area contributed by atoms with E-state index in [0.717, 1.165) is 0 Å².